The van der Waals surface area contributed by atoms with E-state index >= 15 is 0 Å². The molecule has 7 heteroatoms. The van der Waals surface area contributed by atoms with Gasteiger partial charge in [-0.05, 0) is 12.1 Å². The Hall–Kier alpha value is -1.77. The summed E-state index contributed by atoms with van der Waals surface area (Å²) in [7, 11) is 0. The molecule has 3 rings (SSSR count). The number of carbonyl (C=O) groups is 1. The lowest BCUT2D eigenvalue weighted by molar-refractivity contribution is -0.688. The van der Waals surface area contributed by atoms with Crippen molar-refractivity contribution in [3.8, 4) is 0 Å². The van der Waals surface area contributed by atoms with Crippen molar-refractivity contribution in [1.82, 2.24) is 20.0 Å². The lowest BCUT2D eigenvalue weighted by atomic mass is 10.3. The van der Waals surface area contributed by atoms with E-state index in [1.54, 1.807) is 6.20 Å². The smallest absolute Gasteiger partial charge is 0.291 e. The molecule has 0 radical (unpaired) electrons. The number of carbonyl (C=O) groups excluding carboxylic acids is 1. The molecule has 3 aromatic rings. The summed E-state index contributed by atoms with van der Waals surface area (Å²) < 4.78 is 3.17. The molecule has 0 aliphatic carbocycles. The first-order valence-corrected chi connectivity index (χ1v) is 5.63. The van der Waals surface area contributed by atoms with Gasteiger partial charge in [-0.3, -0.25) is 4.79 Å². The zero-order chi connectivity index (χ0) is 12.5. The summed E-state index contributed by atoms with van der Waals surface area (Å²) in [6.07, 6.45) is 3.62. The molecule has 2 aromatic heterocycles. The van der Waals surface area contributed by atoms with E-state index in [2.05, 4.69) is 15.3 Å². The van der Waals surface area contributed by atoms with Crippen molar-refractivity contribution in [2.75, 3.05) is 0 Å². The summed E-state index contributed by atoms with van der Waals surface area (Å²) >= 11 is 0. The molecule has 0 atom stereocenters. The van der Waals surface area contributed by atoms with Crippen LogP contribution in [0.3, 0.4) is 0 Å². The minimum Gasteiger partial charge on any atom is -1.00 e. The zero-order valence-electron chi connectivity index (χ0n) is 10.2. The van der Waals surface area contributed by atoms with E-state index in [1.165, 1.54) is 4.68 Å². The third kappa shape index (κ3) is 2.50. The van der Waals surface area contributed by atoms with Crippen LogP contribution >= 0.6 is 0 Å². The highest BCUT2D eigenvalue weighted by Crippen LogP contribution is 2.09. The lowest BCUT2D eigenvalue weighted by Crippen LogP contribution is -3.00. The van der Waals surface area contributed by atoms with Gasteiger partial charge in [0.15, 0.2) is 6.54 Å². The Bertz CT molecular complexity index is 718. The van der Waals surface area contributed by atoms with Gasteiger partial charge in [0.2, 0.25) is 0 Å². The molecule has 1 aromatic carbocycles. The molecule has 98 valence electrons. The molecule has 6 nitrogen and oxygen atoms in total. The predicted octanol–water partition coefficient (Wildman–Crippen LogP) is -2.30. The molecule has 19 heavy (non-hydrogen) atoms. The predicted molar refractivity (Wildman–Crippen MR) is 63.9 cm³/mol. The minimum absolute atomic E-state index is 0. The number of hydrogen-bond donors (Lipinski definition) is 1. The molecule has 0 spiro atoms. The summed E-state index contributed by atoms with van der Waals surface area (Å²) in [5.74, 6) is 0.809. The number of halogens is 1. The van der Waals surface area contributed by atoms with Crippen LogP contribution in [0.5, 0.6) is 0 Å². The average Bonchev–Trinajstić information content (AvgIpc) is 2.96. The quantitative estimate of drug-likeness (QED) is 0.408. The van der Waals surface area contributed by atoms with E-state index in [0.29, 0.717) is 0 Å². The summed E-state index contributed by atoms with van der Waals surface area (Å²) in [6, 6.07) is 7.41. The van der Waals surface area contributed by atoms with Gasteiger partial charge in [-0.2, -0.15) is 4.68 Å². The SMILES string of the molecule is Cc1[nH]cc[n+]1CC(=O)n1nnc2ccccc21.[I-]. The van der Waals surface area contributed by atoms with Gasteiger partial charge in [0, 0.05) is 6.92 Å². The van der Waals surface area contributed by atoms with Crippen molar-refractivity contribution in [3.05, 3.63) is 42.5 Å². The molecule has 2 heterocycles. The van der Waals surface area contributed by atoms with Crippen LogP contribution in [0.2, 0.25) is 0 Å². The molecule has 0 saturated heterocycles. The van der Waals surface area contributed by atoms with Gasteiger partial charge in [-0.15, -0.1) is 5.10 Å². The fourth-order valence-corrected chi connectivity index (χ4v) is 1.88. The molecule has 0 unspecified atom stereocenters. The Morgan fingerprint density at radius 3 is 2.95 bits per heavy atom. The van der Waals surface area contributed by atoms with Crippen LogP contribution < -0.4 is 28.5 Å². The van der Waals surface area contributed by atoms with Crippen molar-refractivity contribution in [3.63, 3.8) is 0 Å². The maximum absolute atomic E-state index is 12.2. The van der Waals surface area contributed by atoms with Crippen LogP contribution in [-0.4, -0.2) is 25.9 Å². The molecular formula is C12H12IN5O. The fraction of sp³-hybridized carbons (Fsp3) is 0.167. The highest BCUT2D eigenvalue weighted by molar-refractivity contribution is 5.87. The minimum atomic E-state index is -0.114. The van der Waals surface area contributed by atoms with Crippen LogP contribution in [0.15, 0.2) is 36.7 Å². The molecular weight excluding hydrogens is 357 g/mol. The van der Waals surface area contributed by atoms with Gasteiger partial charge in [0.05, 0.1) is 5.52 Å². The van der Waals surface area contributed by atoms with E-state index < -0.39 is 0 Å². The Kier molecular flexibility index (Phi) is 3.93. The topological polar surface area (TPSA) is 67.4 Å². The maximum Gasteiger partial charge on any atom is 0.291 e. The molecule has 1 N–H and O–H groups in total. The van der Waals surface area contributed by atoms with Crippen molar-refractivity contribution in [1.29, 1.82) is 0 Å². The Labute approximate surface area is 126 Å². The number of fused-ring (bicyclic) bond motifs is 1. The van der Waals surface area contributed by atoms with Gasteiger partial charge in [-0.25, -0.2) is 9.55 Å². The summed E-state index contributed by atoms with van der Waals surface area (Å²) in [4.78, 5) is 15.2. The first kappa shape index (κ1) is 13.7. The van der Waals surface area contributed by atoms with Crippen molar-refractivity contribution < 1.29 is 33.3 Å². The number of imidazole rings is 1. The van der Waals surface area contributed by atoms with Crippen molar-refractivity contribution in [2.24, 2.45) is 0 Å². The van der Waals surface area contributed by atoms with Gasteiger partial charge in [0.1, 0.15) is 17.9 Å². The first-order valence-electron chi connectivity index (χ1n) is 5.63. The van der Waals surface area contributed by atoms with E-state index in [4.69, 9.17) is 0 Å². The molecule has 0 fully saturated rings. The number of hydrogen-bond acceptors (Lipinski definition) is 3. The van der Waals surface area contributed by atoms with E-state index in [-0.39, 0.29) is 36.4 Å². The number of benzene rings is 1. The zero-order valence-corrected chi connectivity index (χ0v) is 12.4. The van der Waals surface area contributed by atoms with Crippen molar-refractivity contribution in [2.45, 2.75) is 13.5 Å². The average molecular weight is 369 g/mol. The summed E-state index contributed by atoms with van der Waals surface area (Å²) in [6.45, 7) is 2.15. The number of aromatic nitrogens is 5. The number of H-pyrrole nitrogens is 1. The van der Waals surface area contributed by atoms with Crippen LogP contribution in [-0.2, 0) is 6.54 Å². The monoisotopic (exact) mass is 369 g/mol. The lowest BCUT2D eigenvalue weighted by Gasteiger charge is -1.99. The van der Waals surface area contributed by atoms with Crippen LogP contribution in [0, 0.1) is 6.92 Å². The van der Waals surface area contributed by atoms with Gasteiger partial charge in [-0.1, -0.05) is 17.3 Å². The fourth-order valence-electron chi connectivity index (χ4n) is 1.88. The normalized spacial score (nSPS) is 10.4. The maximum atomic E-state index is 12.2. The summed E-state index contributed by atoms with van der Waals surface area (Å²) in [5.41, 5.74) is 1.46. The van der Waals surface area contributed by atoms with Gasteiger partial charge < -0.3 is 24.0 Å². The third-order valence-electron chi connectivity index (χ3n) is 2.87. The van der Waals surface area contributed by atoms with Crippen LogP contribution in [0.25, 0.3) is 11.0 Å². The Morgan fingerprint density at radius 2 is 2.21 bits per heavy atom. The van der Waals surface area contributed by atoms with Crippen LogP contribution in [0.4, 0.5) is 0 Å². The largest absolute Gasteiger partial charge is 1.00 e. The van der Waals surface area contributed by atoms with Gasteiger partial charge in [0.25, 0.3) is 11.7 Å². The summed E-state index contributed by atoms with van der Waals surface area (Å²) in [5, 5.41) is 7.87. The van der Waals surface area contributed by atoms with Crippen molar-refractivity contribution >= 4 is 16.9 Å². The molecule has 0 saturated carbocycles. The molecule has 0 bridgehead atoms. The number of aromatic amines is 1. The highest BCUT2D eigenvalue weighted by atomic mass is 127. The Balaban J connectivity index is 0.00000133. The second-order valence-corrected chi connectivity index (χ2v) is 4.06. The second-order valence-electron chi connectivity index (χ2n) is 4.06. The van der Waals surface area contributed by atoms with E-state index in [9.17, 15) is 4.79 Å². The second kappa shape index (κ2) is 5.47. The number of para-hydroxylation sites is 1. The molecule has 0 aliphatic rings. The van der Waals surface area contributed by atoms with Crippen LogP contribution in [0.1, 0.15) is 10.6 Å². The van der Waals surface area contributed by atoms with E-state index in [0.717, 1.165) is 16.9 Å². The number of aryl methyl sites for hydroxylation is 1. The standard InChI is InChI=1S/C12H11N5O.HI/c1-9-13-6-7-16(9)8-12(18)17-11-5-3-2-4-10(11)14-15-17;/h2-7H,8H2,1H3;1H. The molecule has 0 aliphatic heterocycles. The number of nitrogens with one attached hydrogen (secondary N) is 1. The number of rotatable bonds is 2. The van der Waals surface area contributed by atoms with E-state index in [1.807, 2.05) is 42.0 Å². The first-order chi connectivity index (χ1) is 8.75. The third-order valence-corrected chi connectivity index (χ3v) is 2.87. The van der Waals surface area contributed by atoms with Gasteiger partial charge >= 0.3 is 0 Å². The highest BCUT2D eigenvalue weighted by Gasteiger charge is 2.16. The Morgan fingerprint density at radius 1 is 1.42 bits per heavy atom. The number of nitrogens with zero attached hydrogens (tertiary/aromatic N) is 4. The molecule has 0 amide bonds.